The average Bonchev–Trinajstić information content (AvgIpc) is 2.36. The van der Waals surface area contributed by atoms with Crippen LogP contribution >= 0.6 is 11.8 Å². The van der Waals surface area contributed by atoms with Gasteiger partial charge in [0.2, 0.25) is 0 Å². The third kappa shape index (κ3) is 3.79. The first-order chi connectivity index (χ1) is 6.47. The zero-order chi connectivity index (χ0) is 10.7. The molecule has 1 rings (SSSR count). The second-order valence-corrected chi connectivity index (χ2v) is 7.60. The molecule has 1 saturated heterocycles. The highest BCUT2D eigenvalue weighted by molar-refractivity contribution is 7.99. The van der Waals surface area contributed by atoms with E-state index in [9.17, 15) is 8.42 Å². The second-order valence-electron chi connectivity index (χ2n) is 4.03. The Bertz CT molecular complexity index is 277. The Morgan fingerprint density at radius 3 is 2.71 bits per heavy atom. The molecule has 0 aliphatic carbocycles. The minimum absolute atomic E-state index is 0.173. The molecule has 0 bridgehead atoms. The van der Waals surface area contributed by atoms with Gasteiger partial charge in [0.15, 0.2) is 9.84 Å². The van der Waals surface area contributed by atoms with Gasteiger partial charge in [-0.3, -0.25) is 0 Å². The summed E-state index contributed by atoms with van der Waals surface area (Å²) in [5, 5.41) is 3.35. The van der Waals surface area contributed by atoms with E-state index in [2.05, 4.69) is 12.2 Å². The Labute approximate surface area is 91.0 Å². The van der Waals surface area contributed by atoms with E-state index in [0.717, 1.165) is 24.5 Å². The predicted molar refractivity (Wildman–Crippen MR) is 62.7 cm³/mol. The monoisotopic (exact) mass is 237 g/mol. The van der Waals surface area contributed by atoms with Crippen molar-refractivity contribution in [2.75, 3.05) is 29.6 Å². The molecule has 0 radical (unpaired) electrons. The van der Waals surface area contributed by atoms with Crippen LogP contribution in [-0.4, -0.2) is 43.5 Å². The normalized spacial score (nSPS) is 30.7. The van der Waals surface area contributed by atoms with Crippen molar-refractivity contribution in [2.24, 2.45) is 0 Å². The zero-order valence-electron chi connectivity index (χ0n) is 8.88. The van der Waals surface area contributed by atoms with Gasteiger partial charge in [0.1, 0.15) is 0 Å². The summed E-state index contributed by atoms with van der Waals surface area (Å²) in [5.74, 6) is 2.83. The molecule has 14 heavy (non-hydrogen) atoms. The molecule has 5 heteroatoms. The van der Waals surface area contributed by atoms with E-state index in [-0.39, 0.29) is 5.54 Å². The van der Waals surface area contributed by atoms with E-state index in [4.69, 9.17) is 0 Å². The summed E-state index contributed by atoms with van der Waals surface area (Å²) in [6, 6.07) is 0. The third-order valence-corrected chi connectivity index (χ3v) is 5.31. The van der Waals surface area contributed by atoms with Crippen molar-refractivity contribution >= 4 is 21.6 Å². The lowest BCUT2D eigenvalue weighted by atomic mass is 10.0. The van der Waals surface area contributed by atoms with E-state index in [1.54, 1.807) is 0 Å². The lowest BCUT2D eigenvalue weighted by molar-refractivity contribution is 0.410. The second kappa shape index (κ2) is 4.86. The Balaban J connectivity index is 2.30. The van der Waals surface area contributed by atoms with Crippen LogP contribution in [0.1, 0.15) is 20.3 Å². The molecule has 1 aliphatic heterocycles. The molecule has 3 nitrogen and oxygen atoms in total. The van der Waals surface area contributed by atoms with Crippen molar-refractivity contribution in [3.8, 4) is 0 Å². The van der Waals surface area contributed by atoms with Crippen LogP contribution in [0.5, 0.6) is 0 Å². The summed E-state index contributed by atoms with van der Waals surface area (Å²) in [7, 11) is -2.77. The van der Waals surface area contributed by atoms with Gasteiger partial charge < -0.3 is 5.32 Å². The first kappa shape index (κ1) is 12.3. The fraction of sp³-hybridized carbons (Fsp3) is 1.00. The lowest BCUT2D eigenvalue weighted by Crippen LogP contribution is -2.44. The number of nitrogens with one attached hydrogen (secondary N) is 1. The summed E-state index contributed by atoms with van der Waals surface area (Å²) in [6.07, 6.45) is 0.756. The van der Waals surface area contributed by atoms with Gasteiger partial charge >= 0.3 is 0 Å². The van der Waals surface area contributed by atoms with Crippen LogP contribution in [-0.2, 0) is 9.84 Å². The topological polar surface area (TPSA) is 46.2 Å². The first-order valence-electron chi connectivity index (χ1n) is 5.01. The van der Waals surface area contributed by atoms with Crippen LogP contribution < -0.4 is 5.32 Å². The van der Waals surface area contributed by atoms with Crippen molar-refractivity contribution < 1.29 is 8.42 Å². The summed E-state index contributed by atoms with van der Waals surface area (Å²) < 4.78 is 22.6. The fourth-order valence-corrected chi connectivity index (χ4v) is 4.38. The van der Waals surface area contributed by atoms with Gasteiger partial charge in [-0.15, -0.1) is 0 Å². The van der Waals surface area contributed by atoms with Gasteiger partial charge in [0.05, 0.1) is 11.5 Å². The molecule has 0 amide bonds. The number of rotatable bonds is 5. The Morgan fingerprint density at radius 1 is 1.50 bits per heavy atom. The van der Waals surface area contributed by atoms with E-state index in [1.165, 1.54) is 0 Å². The quantitative estimate of drug-likeness (QED) is 0.722. The average molecular weight is 237 g/mol. The third-order valence-electron chi connectivity index (χ3n) is 2.51. The van der Waals surface area contributed by atoms with Crippen LogP contribution in [0.4, 0.5) is 0 Å². The Morgan fingerprint density at radius 2 is 2.21 bits per heavy atom. The zero-order valence-corrected chi connectivity index (χ0v) is 10.5. The molecule has 0 aromatic rings. The molecule has 1 fully saturated rings. The van der Waals surface area contributed by atoms with Gasteiger partial charge in [-0.05, 0) is 19.1 Å². The van der Waals surface area contributed by atoms with E-state index < -0.39 is 9.84 Å². The summed E-state index contributed by atoms with van der Waals surface area (Å²) >= 11 is 1.88. The predicted octanol–water partition coefficient (Wildman–Crippen LogP) is 0.906. The van der Waals surface area contributed by atoms with Gasteiger partial charge in [-0.25, -0.2) is 8.42 Å². The highest BCUT2D eigenvalue weighted by Crippen LogP contribution is 2.22. The largest absolute Gasteiger partial charge is 0.310 e. The van der Waals surface area contributed by atoms with Crippen molar-refractivity contribution in [3.63, 3.8) is 0 Å². The highest BCUT2D eigenvalue weighted by atomic mass is 32.2. The maximum atomic E-state index is 11.3. The SMILES string of the molecule is CCSCCNC1(C)CCS(=O)(=O)C1. The van der Waals surface area contributed by atoms with Gasteiger partial charge in [-0.2, -0.15) is 11.8 Å². The summed E-state index contributed by atoms with van der Waals surface area (Å²) in [6.45, 7) is 5.05. The molecular formula is C9H19NO2S2. The standard InChI is InChI=1S/C9H19NO2S2/c1-3-13-6-5-10-9(2)4-7-14(11,12)8-9/h10H,3-8H2,1-2H3. The maximum absolute atomic E-state index is 11.3. The van der Waals surface area contributed by atoms with Crippen molar-refractivity contribution in [3.05, 3.63) is 0 Å². The highest BCUT2D eigenvalue weighted by Gasteiger charge is 2.37. The maximum Gasteiger partial charge on any atom is 0.152 e. The van der Waals surface area contributed by atoms with Crippen LogP contribution in [0, 0.1) is 0 Å². The van der Waals surface area contributed by atoms with Crippen LogP contribution in [0.15, 0.2) is 0 Å². The van der Waals surface area contributed by atoms with E-state index in [0.29, 0.717) is 11.5 Å². The molecule has 84 valence electrons. The Kier molecular flexibility index (Phi) is 4.28. The molecule has 0 spiro atoms. The van der Waals surface area contributed by atoms with E-state index in [1.807, 2.05) is 18.7 Å². The number of hydrogen-bond donors (Lipinski definition) is 1. The van der Waals surface area contributed by atoms with Crippen LogP contribution in [0.2, 0.25) is 0 Å². The number of hydrogen-bond acceptors (Lipinski definition) is 4. The smallest absolute Gasteiger partial charge is 0.152 e. The number of sulfone groups is 1. The first-order valence-corrected chi connectivity index (χ1v) is 7.98. The molecule has 1 heterocycles. The van der Waals surface area contributed by atoms with Crippen molar-refractivity contribution in [1.29, 1.82) is 0 Å². The molecule has 1 atom stereocenters. The summed E-state index contributed by atoms with van der Waals surface area (Å²) in [5.41, 5.74) is -0.173. The Hall–Kier alpha value is 0.260. The molecule has 0 aromatic heterocycles. The van der Waals surface area contributed by atoms with Crippen molar-refractivity contribution in [2.45, 2.75) is 25.8 Å². The molecule has 1 N–H and O–H groups in total. The molecular weight excluding hydrogens is 218 g/mol. The van der Waals surface area contributed by atoms with Gasteiger partial charge in [0.25, 0.3) is 0 Å². The molecule has 0 aromatic carbocycles. The lowest BCUT2D eigenvalue weighted by Gasteiger charge is -2.23. The van der Waals surface area contributed by atoms with E-state index >= 15 is 0 Å². The minimum Gasteiger partial charge on any atom is -0.310 e. The fourth-order valence-electron chi connectivity index (χ4n) is 1.72. The molecule has 1 aliphatic rings. The van der Waals surface area contributed by atoms with Crippen molar-refractivity contribution in [1.82, 2.24) is 5.32 Å². The molecule has 1 unspecified atom stereocenters. The van der Waals surface area contributed by atoms with Crippen LogP contribution in [0.25, 0.3) is 0 Å². The summed E-state index contributed by atoms with van der Waals surface area (Å²) in [4.78, 5) is 0. The van der Waals surface area contributed by atoms with Gasteiger partial charge in [-0.1, -0.05) is 6.92 Å². The van der Waals surface area contributed by atoms with Crippen LogP contribution in [0.3, 0.4) is 0 Å². The van der Waals surface area contributed by atoms with Gasteiger partial charge in [0, 0.05) is 17.8 Å². The number of thioether (sulfide) groups is 1. The molecule has 0 saturated carbocycles. The minimum atomic E-state index is -2.77.